The van der Waals surface area contributed by atoms with E-state index in [2.05, 4.69) is 29.4 Å². The molecule has 0 spiro atoms. The van der Waals surface area contributed by atoms with Crippen molar-refractivity contribution in [3.8, 4) is 22.7 Å². The van der Waals surface area contributed by atoms with E-state index in [0.29, 0.717) is 5.69 Å². The summed E-state index contributed by atoms with van der Waals surface area (Å²) in [6.45, 7) is 1.95. The summed E-state index contributed by atoms with van der Waals surface area (Å²) in [6, 6.07) is 15.8. The highest BCUT2D eigenvalue weighted by atomic mass is 16.5. The molecule has 0 saturated carbocycles. The van der Waals surface area contributed by atoms with Crippen molar-refractivity contribution in [2.75, 3.05) is 7.11 Å². The summed E-state index contributed by atoms with van der Waals surface area (Å²) < 4.78 is 7.04. The SMILES string of the molecule is CCc1ccc(-n2nnc(CO)c2-c2cccc(OC)c2)cc1. The lowest BCUT2D eigenvalue weighted by molar-refractivity contribution is 0.277. The number of ether oxygens (including phenoxy) is 1. The van der Waals surface area contributed by atoms with Gasteiger partial charge < -0.3 is 9.84 Å². The predicted molar refractivity (Wildman–Crippen MR) is 88.6 cm³/mol. The highest BCUT2D eigenvalue weighted by molar-refractivity contribution is 5.66. The molecule has 3 rings (SSSR count). The molecule has 0 aliphatic rings. The number of methoxy groups -OCH3 is 1. The van der Waals surface area contributed by atoms with Gasteiger partial charge in [-0.05, 0) is 36.2 Å². The molecule has 0 amide bonds. The molecule has 0 saturated heterocycles. The lowest BCUT2D eigenvalue weighted by Crippen LogP contribution is -2.00. The largest absolute Gasteiger partial charge is 0.497 e. The van der Waals surface area contributed by atoms with Crippen molar-refractivity contribution in [3.63, 3.8) is 0 Å². The Bertz CT molecular complexity index is 794. The van der Waals surface area contributed by atoms with Gasteiger partial charge in [0.15, 0.2) is 0 Å². The maximum Gasteiger partial charge on any atom is 0.119 e. The van der Waals surface area contributed by atoms with E-state index in [9.17, 15) is 5.11 Å². The maximum atomic E-state index is 9.60. The fraction of sp³-hybridized carbons (Fsp3) is 0.222. The molecule has 1 heterocycles. The number of hydrogen-bond donors (Lipinski definition) is 1. The molecule has 0 radical (unpaired) electrons. The Hall–Kier alpha value is -2.66. The van der Waals surface area contributed by atoms with Gasteiger partial charge in [0, 0.05) is 5.56 Å². The number of aryl methyl sites for hydroxylation is 1. The number of aliphatic hydroxyl groups excluding tert-OH is 1. The van der Waals surface area contributed by atoms with Crippen LogP contribution in [0, 0.1) is 0 Å². The highest BCUT2D eigenvalue weighted by Gasteiger charge is 2.16. The van der Waals surface area contributed by atoms with E-state index in [4.69, 9.17) is 4.74 Å². The summed E-state index contributed by atoms with van der Waals surface area (Å²) >= 11 is 0. The fourth-order valence-electron chi connectivity index (χ4n) is 2.53. The second-order valence-corrected chi connectivity index (χ2v) is 5.21. The molecule has 118 valence electrons. The molecule has 5 heteroatoms. The average molecular weight is 309 g/mol. The molecule has 1 aromatic heterocycles. The average Bonchev–Trinajstić information content (AvgIpc) is 3.06. The molecule has 1 N–H and O–H groups in total. The Morgan fingerprint density at radius 3 is 2.57 bits per heavy atom. The quantitative estimate of drug-likeness (QED) is 0.787. The van der Waals surface area contributed by atoms with Crippen LogP contribution in [0.4, 0.5) is 0 Å². The van der Waals surface area contributed by atoms with E-state index in [1.54, 1.807) is 11.8 Å². The van der Waals surface area contributed by atoms with Crippen LogP contribution >= 0.6 is 0 Å². The molecule has 0 unspecified atom stereocenters. The zero-order valence-electron chi connectivity index (χ0n) is 13.2. The molecule has 0 atom stereocenters. The summed E-state index contributed by atoms with van der Waals surface area (Å²) in [5.41, 5.74) is 4.39. The molecule has 0 aliphatic carbocycles. The van der Waals surface area contributed by atoms with Gasteiger partial charge in [-0.25, -0.2) is 4.68 Å². The molecule has 2 aromatic carbocycles. The van der Waals surface area contributed by atoms with Gasteiger partial charge in [0.05, 0.1) is 19.4 Å². The standard InChI is InChI=1S/C18H19N3O2/c1-3-13-7-9-15(10-8-13)21-18(17(12-22)19-20-21)14-5-4-6-16(11-14)23-2/h4-11,22H,3,12H2,1-2H3. The Morgan fingerprint density at radius 1 is 1.13 bits per heavy atom. The van der Waals surface area contributed by atoms with Crippen LogP contribution in [0.1, 0.15) is 18.2 Å². The molecule has 0 bridgehead atoms. The Kier molecular flexibility index (Phi) is 4.39. The van der Waals surface area contributed by atoms with Gasteiger partial charge in [-0.1, -0.05) is 36.4 Å². The maximum absolute atomic E-state index is 9.60. The lowest BCUT2D eigenvalue weighted by atomic mass is 10.1. The summed E-state index contributed by atoms with van der Waals surface area (Å²) in [4.78, 5) is 0. The Labute approximate surface area is 135 Å². The van der Waals surface area contributed by atoms with E-state index in [1.807, 2.05) is 36.4 Å². The van der Waals surface area contributed by atoms with Gasteiger partial charge in [0.2, 0.25) is 0 Å². The van der Waals surface area contributed by atoms with Gasteiger partial charge in [-0.3, -0.25) is 0 Å². The van der Waals surface area contributed by atoms with E-state index < -0.39 is 0 Å². The third kappa shape index (κ3) is 2.96. The third-order valence-corrected chi connectivity index (χ3v) is 3.82. The topological polar surface area (TPSA) is 60.2 Å². The number of aromatic nitrogens is 3. The normalized spacial score (nSPS) is 10.7. The van der Waals surface area contributed by atoms with Crippen molar-refractivity contribution in [2.24, 2.45) is 0 Å². The highest BCUT2D eigenvalue weighted by Crippen LogP contribution is 2.28. The van der Waals surface area contributed by atoms with Crippen LogP contribution in [0.15, 0.2) is 48.5 Å². The Balaban J connectivity index is 2.12. The third-order valence-electron chi connectivity index (χ3n) is 3.82. The van der Waals surface area contributed by atoms with Crippen LogP contribution in [0.3, 0.4) is 0 Å². The van der Waals surface area contributed by atoms with Gasteiger partial charge >= 0.3 is 0 Å². The zero-order chi connectivity index (χ0) is 16.2. The minimum absolute atomic E-state index is 0.167. The van der Waals surface area contributed by atoms with Crippen molar-refractivity contribution in [1.29, 1.82) is 0 Å². The van der Waals surface area contributed by atoms with E-state index in [0.717, 1.165) is 29.1 Å². The van der Waals surface area contributed by atoms with E-state index in [-0.39, 0.29) is 6.61 Å². The summed E-state index contributed by atoms with van der Waals surface area (Å²) in [6.07, 6.45) is 0.988. The van der Waals surface area contributed by atoms with Crippen LogP contribution in [0.2, 0.25) is 0 Å². The van der Waals surface area contributed by atoms with Crippen molar-refractivity contribution in [2.45, 2.75) is 20.0 Å². The molecular weight excluding hydrogens is 290 g/mol. The van der Waals surface area contributed by atoms with Gasteiger partial charge in [-0.15, -0.1) is 5.10 Å². The van der Waals surface area contributed by atoms with E-state index in [1.165, 1.54) is 5.56 Å². The second kappa shape index (κ2) is 6.62. The minimum Gasteiger partial charge on any atom is -0.497 e. The first-order valence-corrected chi connectivity index (χ1v) is 7.56. The molecule has 23 heavy (non-hydrogen) atoms. The van der Waals surface area contributed by atoms with E-state index >= 15 is 0 Å². The summed E-state index contributed by atoms with van der Waals surface area (Å²) in [5.74, 6) is 0.750. The second-order valence-electron chi connectivity index (χ2n) is 5.21. The van der Waals surface area contributed by atoms with Gasteiger partial charge in [0.1, 0.15) is 17.1 Å². The minimum atomic E-state index is -0.167. The molecule has 0 fully saturated rings. The molecule has 5 nitrogen and oxygen atoms in total. The van der Waals surface area contributed by atoms with Gasteiger partial charge in [0.25, 0.3) is 0 Å². The van der Waals surface area contributed by atoms with Crippen LogP contribution in [0.25, 0.3) is 16.9 Å². The van der Waals surface area contributed by atoms with Gasteiger partial charge in [-0.2, -0.15) is 0 Å². The number of nitrogens with zero attached hydrogens (tertiary/aromatic N) is 3. The first kappa shape index (κ1) is 15.2. The van der Waals surface area contributed by atoms with Crippen molar-refractivity contribution in [3.05, 3.63) is 59.8 Å². The Morgan fingerprint density at radius 2 is 1.91 bits per heavy atom. The summed E-state index contributed by atoms with van der Waals surface area (Å²) in [5, 5.41) is 17.9. The first-order chi connectivity index (χ1) is 11.3. The lowest BCUT2D eigenvalue weighted by Gasteiger charge is -2.09. The molecule has 0 aliphatic heterocycles. The monoisotopic (exact) mass is 309 g/mol. The number of rotatable bonds is 5. The predicted octanol–water partition coefficient (Wildman–Crippen LogP) is 3.00. The fourth-order valence-corrected chi connectivity index (χ4v) is 2.53. The van der Waals surface area contributed by atoms with Crippen LogP contribution in [-0.2, 0) is 13.0 Å². The number of hydrogen-bond acceptors (Lipinski definition) is 4. The van der Waals surface area contributed by atoms with Crippen molar-refractivity contribution >= 4 is 0 Å². The zero-order valence-corrected chi connectivity index (χ0v) is 13.2. The van der Waals surface area contributed by atoms with Crippen LogP contribution in [0.5, 0.6) is 5.75 Å². The number of aliphatic hydroxyl groups is 1. The molecular formula is C18H19N3O2. The first-order valence-electron chi connectivity index (χ1n) is 7.56. The number of benzene rings is 2. The summed E-state index contributed by atoms with van der Waals surface area (Å²) in [7, 11) is 1.63. The van der Waals surface area contributed by atoms with Crippen molar-refractivity contribution < 1.29 is 9.84 Å². The van der Waals surface area contributed by atoms with Crippen molar-refractivity contribution in [1.82, 2.24) is 15.0 Å². The van der Waals surface area contributed by atoms with Crippen LogP contribution in [-0.4, -0.2) is 27.2 Å². The molecule has 3 aromatic rings. The smallest absolute Gasteiger partial charge is 0.119 e. The van der Waals surface area contributed by atoms with Crippen LogP contribution < -0.4 is 4.74 Å².